The van der Waals surface area contributed by atoms with Crippen molar-refractivity contribution in [1.29, 1.82) is 0 Å². The number of hydrogen-bond donors (Lipinski definition) is 6. The molecular formula is C18H31N3O10. The maximum Gasteiger partial charge on any atom is 0.300 e. The fourth-order valence-corrected chi connectivity index (χ4v) is 1.21. The molecule has 1 aromatic rings. The maximum atomic E-state index is 10.4. The van der Waals surface area contributed by atoms with Gasteiger partial charge in [0.15, 0.2) is 0 Å². The number of carbonyl (C=O) groups is 4. The summed E-state index contributed by atoms with van der Waals surface area (Å²) < 4.78 is 0. The average Bonchev–Trinajstić information content (AvgIpc) is 2.53. The predicted molar refractivity (Wildman–Crippen MR) is 112 cm³/mol. The maximum absolute atomic E-state index is 10.4. The van der Waals surface area contributed by atoms with E-state index >= 15 is 0 Å². The Labute approximate surface area is 179 Å². The van der Waals surface area contributed by atoms with E-state index in [1.807, 2.05) is 6.92 Å². The molecule has 0 aliphatic rings. The van der Waals surface area contributed by atoms with Gasteiger partial charge in [0, 0.05) is 51.9 Å². The van der Waals surface area contributed by atoms with E-state index in [4.69, 9.17) is 51.1 Å². The highest BCUT2D eigenvalue weighted by molar-refractivity contribution is 5.63. The Morgan fingerprint density at radius 1 is 0.839 bits per heavy atom. The molecule has 0 heterocycles. The van der Waals surface area contributed by atoms with Crippen LogP contribution in [0.15, 0.2) is 24.3 Å². The normalized spacial score (nSPS) is 10.3. The lowest BCUT2D eigenvalue weighted by molar-refractivity contribution is -0.384. The van der Waals surface area contributed by atoms with E-state index in [9.17, 15) is 10.1 Å². The van der Waals surface area contributed by atoms with Crippen molar-refractivity contribution in [3.05, 3.63) is 39.9 Å². The third-order valence-corrected chi connectivity index (χ3v) is 2.29. The van der Waals surface area contributed by atoms with Crippen LogP contribution in [0.5, 0.6) is 0 Å². The van der Waals surface area contributed by atoms with E-state index < -0.39 is 28.8 Å². The summed E-state index contributed by atoms with van der Waals surface area (Å²) in [5, 5.41) is 40.1. The Bertz CT molecular complexity index is 612. The summed E-state index contributed by atoms with van der Waals surface area (Å²) in [5.74, 6) is -3.33. The van der Waals surface area contributed by atoms with Crippen LogP contribution in [0.3, 0.4) is 0 Å². The standard InChI is InChI=1S/C10H15N3O2.4C2H4O2/c1-7(11)10(12)6-8-2-4-9(5-3-8)13(14)15;4*1-2(3)4/h2-5,7,10H,6,11-12H2,1H3;4*1H3,(H,3,4). The molecule has 0 fully saturated rings. The molecule has 0 saturated heterocycles. The number of nitrogens with two attached hydrogens (primary N) is 2. The van der Waals surface area contributed by atoms with Crippen LogP contribution in [0.1, 0.15) is 40.2 Å². The van der Waals surface area contributed by atoms with Crippen molar-refractivity contribution in [2.24, 2.45) is 11.5 Å². The number of benzene rings is 1. The number of hydrogen-bond acceptors (Lipinski definition) is 8. The van der Waals surface area contributed by atoms with Crippen molar-refractivity contribution in [1.82, 2.24) is 0 Å². The minimum absolute atomic E-state index is 0.0832. The summed E-state index contributed by atoms with van der Waals surface area (Å²) in [6.45, 7) is 6.18. The van der Waals surface area contributed by atoms with E-state index in [-0.39, 0.29) is 17.8 Å². The molecule has 178 valence electrons. The highest BCUT2D eigenvalue weighted by Gasteiger charge is 2.10. The van der Waals surface area contributed by atoms with E-state index in [1.165, 1.54) is 12.1 Å². The summed E-state index contributed by atoms with van der Waals surface area (Å²) in [4.78, 5) is 46.0. The van der Waals surface area contributed by atoms with Crippen molar-refractivity contribution in [2.45, 2.75) is 53.1 Å². The Balaban J connectivity index is -0.000000187. The molecule has 0 spiro atoms. The summed E-state index contributed by atoms with van der Waals surface area (Å²) in [6.07, 6.45) is 0.635. The molecule has 13 heteroatoms. The molecule has 2 unspecified atom stereocenters. The first-order valence-electron chi connectivity index (χ1n) is 8.46. The molecule has 0 aromatic heterocycles. The predicted octanol–water partition coefficient (Wildman–Crippen LogP) is 1.18. The topological polar surface area (TPSA) is 244 Å². The molecule has 2 atom stereocenters. The Morgan fingerprint density at radius 3 is 1.29 bits per heavy atom. The van der Waals surface area contributed by atoms with Gasteiger partial charge in [0.1, 0.15) is 0 Å². The van der Waals surface area contributed by atoms with Gasteiger partial charge in [0.05, 0.1) is 4.92 Å². The van der Waals surface area contributed by atoms with Gasteiger partial charge < -0.3 is 31.9 Å². The minimum Gasteiger partial charge on any atom is -0.481 e. The largest absolute Gasteiger partial charge is 0.481 e. The van der Waals surface area contributed by atoms with Crippen LogP contribution in [-0.2, 0) is 25.6 Å². The highest BCUT2D eigenvalue weighted by atomic mass is 16.6. The Morgan fingerprint density at radius 2 is 1.10 bits per heavy atom. The summed E-state index contributed by atoms with van der Waals surface area (Å²) in [5.41, 5.74) is 12.5. The third kappa shape index (κ3) is 46.4. The number of nitro benzene ring substituents is 1. The minimum atomic E-state index is -0.833. The van der Waals surface area contributed by atoms with Gasteiger partial charge in [-0.3, -0.25) is 29.3 Å². The van der Waals surface area contributed by atoms with Crippen molar-refractivity contribution >= 4 is 29.6 Å². The molecule has 1 rings (SSSR count). The van der Waals surface area contributed by atoms with Gasteiger partial charge in [-0.25, -0.2) is 0 Å². The lowest BCUT2D eigenvalue weighted by Crippen LogP contribution is -2.40. The van der Waals surface area contributed by atoms with E-state index in [2.05, 4.69) is 0 Å². The van der Waals surface area contributed by atoms with Crippen LogP contribution >= 0.6 is 0 Å². The SMILES string of the molecule is CC(=O)O.CC(=O)O.CC(=O)O.CC(=O)O.CC(N)C(N)Cc1ccc([N+](=O)[O-])cc1. The summed E-state index contributed by atoms with van der Waals surface area (Å²) in [7, 11) is 0. The van der Waals surface area contributed by atoms with Crippen molar-refractivity contribution in [3.8, 4) is 0 Å². The van der Waals surface area contributed by atoms with Crippen LogP contribution in [0.4, 0.5) is 5.69 Å². The fourth-order valence-electron chi connectivity index (χ4n) is 1.21. The second kappa shape index (κ2) is 21.1. The lowest BCUT2D eigenvalue weighted by Gasteiger charge is -2.15. The number of nitrogens with zero attached hydrogens (tertiary/aromatic N) is 1. The lowest BCUT2D eigenvalue weighted by atomic mass is 10.0. The number of aliphatic carboxylic acids is 4. The quantitative estimate of drug-likeness (QED) is 0.280. The smallest absolute Gasteiger partial charge is 0.300 e. The zero-order valence-electron chi connectivity index (χ0n) is 18.0. The highest BCUT2D eigenvalue weighted by Crippen LogP contribution is 2.13. The van der Waals surface area contributed by atoms with Gasteiger partial charge in [-0.15, -0.1) is 0 Å². The Hall–Kier alpha value is -3.58. The number of carboxylic acids is 4. The van der Waals surface area contributed by atoms with Crippen molar-refractivity contribution in [2.75, 3.05) is 0 Å². The van der Waals surface area contributed by atoms with Crippen LogP contribution in [0, 0.1) is 10.1 Å². The number of rotatable bonds is 4. The molecule has 13 nitrogen and oxygen atoms in total. The average molecular weight is 449 g/mol. The molecule has 0 bridgehead atoms. The monoisotopic (exact) mass is 449 g/mol. The van der Waals surface area contributed by atoms with Crippen molar-refractivity contribution < 1.29 is 44.5 Å². The van der Waals surface area contributed by atoms with Gasteiger partial charge >= 0.3 is 0 Å². The first-order valence-corrected chi connectivity index (χ1v) is 8.46. The summed E-state index contributed by atoms with van der Waals surface area (Å²) in [6, 6.07) is 6.17. The summed E-state index contributed by atoms with van der Waals surface area (Å²) >= 11 is 0. The number of non-ortho nitro benzene ring substituents is 1. The second-order valence-electron chi connectivity index (χ2n) is 5.73. The molecule has 0 aliphatic heterocycles. The molecule has 1 aromatic carbocycles. The molecule has 0 saturated carbocycles. The first-order chi connectivity index (χ1) is 13.9. The number of nitro groups is 1. The zero-order chi connectivity index (χ0) is 25.7. The van der Waals surface area contributed by atoms with Gasteiger partial charge in [-0.2, -0.15) is 0 Å². The molecule has 0 amide bonds. The fraction of sp³-hybridized carbons (Fsp3) is 0.444. The first kappa shape index (κ1) is 34.9. The molecule has 31 heavy (non-hydrogen) atoms. The van der Waals surface area contributed by atoms with E-state index in [0.29, 0.717) is 6.42 Å². The van der Waals surface area contributed by atoms with Crippen LogP contribution in [0.2, 0.25) is 0 Å². The molecule has 8 N–H and O–H groups in total. The van der Waals surface area contributed by atoms with Crippen LogP contribution in [-0.4, -0.2) is 61.3 Å². The zero-order valence-corrected chi connectivity index (χ0v) is 18.0. The van der Waals surface area contributed by atoms with Gasteiger partial charge in [0.25, 0.3) is 29.6 Å². The Kier molecular flexibility index (Phi) is 23.8. The third-order valence-electron chi connectivity index (χ3n) is 2.29. The molecular weight excluding hydrogens is 418 g/mol. The van der Waals surface area contributed by atoms with Gasteiger partial charge in [-0.1, -0.05) is 12.1 Å². The van der Waals surface area contributed by atoms with Crippen LogP contribution < -0.4 is 11.5 Å². The molecule has 0 aliphatic carbocycles. The van der Waals surface area contributed by atoms with E-state index in [0.717, 1.165) is 33.3 Å². The van der Waals surface area contributed by atoms with Gasteiger partial charge in [-0.05, 0) is 18.9 Å². The van der Waals surface area contributed by atoms with Crippen molar-refractivity contribution in [3.63, 3.8) is 0 Å². The second-order valence-corrected chi connectivity index (χ2v) is 5.73. The van der Waals surface area contributed by atoms with Crippen LogP contribution in [0.25, 0.3) is 0 Å². The van der Waals surface area contributed by atoms with Gasteiger partial charge in [0.2, 0.25) is 0 Å². The number of carboxylic acid groups (broad SMARTS) is 4. The van der Waals surface area contributed by atoms with E-state index in [1.54, 1.807) is 12.1 Å². The molecule has 0 radical (unpaired) electrons.